The van der Waals surface area contributed by atoms with Crippen LogP contribution < -0.4 is 0 Å². The van der Waals surface area contributed by atoms with Gasteiger partial charge in [-0.15, -0.1) is 0 Å². The van der Waals surface area contributed by atoms with Crippen LogP contribution in [0.5, 0.6) is 0 Å². The number of benzene rings is 2. The van der Waals surface area contributed by atoms with Crippen molar-refractivity contribution in [3.63, 3.8) is 0 Å². The van der Waals surface area contributed by atoms with Gasteiger partial charge in [-0.05, 0) is 31.5 Å². The van der Waals surface area contributed by atoms with Crippen LogP contribution in [0.1, 0.15) is 24.1 Å². The Balaban J connectivity index is 2.32. The zero-order valence-electron chi connectivity index (χ0n) is 11.9. The second kappa shape index (κ2) is 5.77. The van der Waals surface area contributed by atoms with Crippen LogP contribution in [0, 0.1) is 6.92 Å². The van der Waals surface area contributed by atoms with Crippen LogP contribution in [0.2, 0.25) is 0 Å². The highest BCUT2D eigenvalue weighted by Crippen LogP contribution is 2.25. The van der Waals surface area contributed by atoms with Gasteiger partial charge in [0.25, 0.3) is 0 Å². The maximum absolute atomic E-state index is 12.6. The Hall–Kier alpha value is -1.65. The number of aryl methyl sites for hydroxylation is 1. The summed E-state index contributed by atoms with van der Waals surface area (Å²) in [7, 11) is -1.85. The smallest absolute Gasteiger partial charge is 0.207 e. The van der Waals surface area contributed by atoms with Gasteiger partial charge in [0.15, 0.2) is 0 Å². The Morgan fingerprint density at radius 2 is 1.50 bits per heavy atom. The lowest BCUT2D eigenvalue weighted by Crippen LogP contribution is -2.29. The maximum atomic E-state index is 12.6. The minimum Gasteiger partial charge on any atom is -0.207 e. The van der Waals surface area contributed by atoms with Gasteiger partial charge in [-0.2, -0.15) is 4.31 Å². The van der Waals surface area contributed by atoms with Crippen LogP contribution >= 0.6 is 0 Å². The lowest BCUT2D eigenvalue weighted by molar-refractivity contribution is 0.398. The minimum atomic E-state index is -3.47. The van der Waals surface area contributed by atoms with Crippen molar-refractivity contribution < 1.29 is 8.42 Å². The first-order valence-electron chi connectivity index (χ1n) is 6.52. The molecule has 0 fully saturated rings. The standard InChI is InChI=1S/C16H19NO2S/c1-13-9-11-16(12-10-13)20(18,19)17(3)14(2)15-7-5-4-6-8-15/h4-12,14H,1-3H3. The van der Waals surface area contributed by atoms with Crippen LogP contribution in [0.4, 0.5) is 0 Å². The fraction of sp³-hybridized carbons (Fsp3) is 0.250. The molecule has 0 amide bonds. The molecule has 20 heavy (non-hydrogen) atoms. The number of hydrogen-bond donors (Lipinski definition) is 0. The molecule has 3 nitrogen and oxygen atoms in total. The highest BCUT2D eigenvalue weighted by molar-refractivity contribution is 7.89. The zero-order chi connectivity index (χ0) is 14.8. The van der Waals surface area contributed by atoms with Crippen LogP contribution in [-0.2, 0) is 10.0 Å². The summed E-state index contributed by atoms with van der Waals surface area (Å²) in [5, 5.41) is 0. The highest BCUT2D eigenvalue weighted by atomic mass is 32.2. The molecule has 0 saturated carbocycles. The van der Waals surface area contributed by atoms with E-state index in [1.165, 1.54) is 4.31 Å². The average molecular weight is 289 g/mol. The summed E-state index contributed by atoms with van der Waals surface area (Å²) in [6, 6.07) is 16.3. The monoisotopic (exact) mass is 289 g/mol. The minimum absolute atomic E-state index is 0.206. The molecule has 0 aromatic heterocycles. The van der Waals surface area contributed by atoms with E-state index >= 15 is 0 Å². The van der Waals surface area contributed by atoms with Gasteiger partial charge < -0.3 is 0 Å². The van der Waals surface area contributed by atoms with Gasteiger partial charge in [0.05, 0.1) is 4.90 Å². The van der Waals surface area contributed by atoms with Gasteiger partial charge >= 0.3 is 0 Å². The second-order valence-electron chi connectivity index (χ2n) is 4.92. The fourth-order valence-electron chi connectivity index (χ4n) is 2.03. The first-order valence-corrected chi connectivity index (χ1v) is 7.96. The highest BCUT2D eigenvalue weighted by Gasteiger charge is 2.25. The molecule has 0 N–H and O–H groups in total. The molecule has 2 rings (SSSR count). The van der Waals surface area contributed by atoms with Gasteiger partial charge in [0.1, 0.15) is 0 Å². The van der Waals surface area contributed by atoms with Gasteiger partial charge in [-0.3, -0.25) is 0 Å². The Morgan fingerprint density at radius 1 is 0.950 bits per heavy atom. The Labute approximate surface area is 120 Å². The van der Waals surface area contributed by atoms with Crippen molar-refractivity contribution in [2.24, 2.45) is 0 Å². The van der Waals surface area contributed by atoms with E-state index in [-0.39, 0.29) is 6.04 Å². The number of sulfonamides is 1. The topological polar surface area (TPSA) is 37.4 Å². The summed E-state index contributed by atoms with van der Waals surface area (Å²) in [5.74, 6) is 0. The largest absolute Gasteiger partial charge is 0.243 e. The first kappa shape index (κ1) is 14.8. The van der Waals surface area contributed by atoms with Crippen molar-refractivity contribution in [3.8, 4) is 0 Å². The van der Waals surface area contributed by atoms with Crippen molar-refractivity contribution >= 4 is 10.0 Å². The molecule has 0 spiro atoms. The zero-order valence-corrected chi connectivity index (χ0v) is 12.8. The molecular weight excluding hydrogens is 270 g/mol. The molecule has 2 aromatic rings. The number of hydrogen-bond acceptors (Lipinski definition) is 2. The van der Waals surface area contributed by atoms with E-state index in [4.69, 9.17) is 0 Å². The van der Waals surface area contributed by atoms with Crippen LogP contribution in [0.25, 0.3) is 0 Å². The lowest BCUT2D eigenvalue weighted by Gasteiger charge is -2.24. The van der Waals surface area contributed by atoms with Crippen LogP contribution in [-0.4, -0.2) is 19.8 Å². The summed E-state index contributed by atoms with van der Waals surface area (Å²) < 4.78 is 26.6. The molecular formula is C16H19NO2S. The second-order valence-corrected chi connectivity index (χ2v) is 6.92. The van der Waals surface area contributed by atoms with Crippen molar-refractivity contribution in [2.75, 3.05) is 7.05 Å². The third-order valence-corrected chi connectivity index (χ3v) is 5.47. The molecule has 0 bridgehead atoms. The Morgan fingerprint density at radius 3 is 2.05 bits per heavy atom. The summed E-state index contributed by atoms with van der Waals surface area (Å²) in [6.45, 7) is 3.83. The lowest BCUT2D eigenvalue weighted by atomic mass is 10.1. The SMILES string of the molecule is Cc1ccc(S(=O)(=O)N(C)C(C)c2ccccc2)cc1. The third kappa shape index (κ3) is 2.92. The van der Waals surface area contributed by atoms with Gasteiger partial charge in [0, 0.05) is 13.1 Å². The van der Waals surface area contributed by atoms with E-state index in [0.717, 1.165) is 11.1 Å². The van der Waals surface area contributed by atoms with Crippen molar-refractivity contribution in [1.29, 1.82) is 0 Å². The predicted molar refractivity (Wildman–Crippen MR) is 81.0 cm³/mol. The van der Waals surface area contributed by atoms with Crippen LogP contribution in [0.15, 0.2) is 59.5 Å². The molecule has 0 radical (unpaired) electrons. The number of nitrogens with zero attached hydrogens (tertiary/aromatic N) is 1. The van der Waals surface area contributed by atoms with E-state index in [1.54, 1.807) is 19.2 Å². The molecule has 1 atom stereocenters. The van der Waals surface area contributed by atoms with E-state index in [0.29, 0.717) is 4.90 Å². The van der Waals surface area contributed by atoms with Gasteiger partial charge in [0.2, 0.25) is 10.0 Å². The summed E-state index contributed by atoms with van der Waals surface area (Å²) >= 11 is 0. The van der Waals surface area contributed by atoms with Gasteiger partial charge in [-0.1, -0.05) is 48.0 Å². The van der Waals surface area contributed by atoms with Gasteiger partial charge in [-0.25, -0.2) is 8.42 Å². The Kier molecular flexibility index (Phi) is 4.26. The van der Waals surface area contributed by atoms with Crippen LogP contribution in [0.3, 0.4) is 0 Å². The molecule has 4 heteroatoms. The first-order chi connectivity index (χ1) is 9.43. The molecule has 106 valence electrons. The number of rotatable bonds is 4. The van der Waals surface area contributed by atoms with E-state index in [2.05, 4.69) is 0 Å². The van der Waals surface area contributed by atoms with E-state index in [9.17, 15) is 8.42 Å². The summed E-state index contributed by atoms with van der Waals surface area (Å²) in [6.07, 6.45) is 0. The molecule has 0 saturated heterocycles. The van der Waals surface area contributed by atoms with E-state index in [1.807, 2.05) is 56.3 Å². The molecule has 2 aromatic carbocycles. The summed E-state index contributed by atoms with van der Waals surface area (Å²) in [5.41, 5.74) is 2.02. The summed E-state index contributed by atoms with van der Waals surface area (Å²) in [4.78, 5) is 0.327. The molecule has 0 heterocycles. The fourth-order valence-corrected chi connectivity index (χ4v) is 3.38. The predicted octanol–water partition coefficient (Wildman–Crippen LogP) is 3.38. The van der Waals surface area contributed by atoms with Crippen molar-refractivity contribution in [3.05, 3.63) is 65.7 Å². The molecule has 0 aliphatic carbocycles. The normalized spacial score (nSPS) is 13.4. The quantitative estimate of drug-likeness (QED) is 0.865. The van der Waals surface area contributed by atoms with E-state index < -0.39 is 10.0 Å². The maximum Gasteiger partial charge on any atom is 0.243 e. The van der Waals surface area contributed by atoms with Crippen molar-refractivity contribution in [2.45, 2.75) is 24.8 Å². The molecule has 0 aliphatic heterocycles. The molecule has 1 unspecified atom stereocenters. The third-order valence-electron chi connectivity index (χ3n) is 3.53. The molecule has 0 aliphatic rings. The Bertz CT molecular complexity index is 663. The average Bonchev–Trinajstić information content (AvgIpc) is 2.47. The van der Waals surface area contributed by atoms with Crippen molar-refractivity contribution in [1.82, 2.24) is 4.31 Å².